The molecule has 0 radical (unpaired) electrons. The third-order valence-corrected chi connectivity index (χ3v) is 3.60. The molecule has 0 aromatic carbocycles. The molecule has 1 aromatic rings. The van der Waals surface area contributed by atoms with E-state index < -0.39 is 0 Å². The molecule has 1 heterocycles. The minimum atomic E-state index is -0.0827. The Kier molecular flexibility index (Phi) is 4.51. The van der Waals surface area contributed by atoms with Crippen molar-refractivity contribution in [2.24, 2.45) is 5.92 Å². The smallest absolute Gasteiger partial charge is 0.0570 e. The summed E-state index contributed by atoms with van der Waals surface area (Å²) in [5, 5.41) is 13.1. The molecule has 3 nitrogen and oxygen atoms in total. The molecule has 2 rings (SSSR count). The van der Waals surface area contributed by atoms with Gasteiger partial charge < -0.3 is 10.4 Å². The number of aliphatic hydroxyl groups excluding tert-OH is 1. The first-order chi connectivity index (χ1) is 8.25. The van der Waals surface area contributed by atoms with Crippen LogP contribution in [-0.4, -0.2) is 22.7 Å². The Balaban J connectivity index is 1.78. The number of rotatable bonds is 4. The maximum Gasteiger partial charge on any atom is 0.0570 e. The number of aliphatic hydroxyl groups is 1. The Morgan fingerprint density at radius 1 is 1.47 bits per heavy atom. The van der Waals surface area contributed by atoms with E-state index in [0.29, 0.717) is 5.92 Å². The monoisotopic (exact) mass is 234 g/mol. The van der Waals surface area contributed by atoms with Crippen molar-refractivity contribution in [3.63, 3.8) is 0 Å². The highest BCUT2D eigenvalue weighted by molar-refractivity contribution is 5.07. The van der Waals surface area contributed by atoms with Crippen LogP contribution >= 0.6 is 0 Å². The Morgan fingerprint density at radius 3 is 3.06 bits per heavy atom. The number of nitrogens with one attached hydrogen (secondary N) is 1. The molecule has 0 amide bonds. The number of pyridine rings is 1. The van der Waals surface area contributed by atoms with Gasteiger partial charge in [0, 0.05) is 12.2 Å². The maximum atomic E-state index is 9.62. The lowest BCUT2D eigenvalue weighted by molar-refractivity contribution is 0.0997. The topological polar surface area (TPSA) is 45.1 Å². The first kappa shape index (κ1) is 12.5. The maximum absolute atomic E-state index is 9.62. The van der Waals surface area contributed by atoms with Crippen molar-refractivity contribution < 1.29 is 5.11 Å². The molecule has 1 fully saturated rings. The van der Waals surface area contributed by atoms with Crippen molar-refractivity contribution in [1.82, 2.24) is 10.3 Å². The molecule has 0 spiro atoms. The second-order valence-electron chi connectivity index (χ2n) is 5.07. The van der Waals surface area contributed by atoms with Crippen LogP contribution in [0, 0.1) is 5.92 Å². The molecular weight excluding hydrogens is 212 g/mol. The average molecular weight is 234 g/mol. The lowest BCUT2D eigenvalue weighted by Gasteiger charge is -2.27. The molecule has 1 aliphatic carbocycles. The van der Waals surface area contributed by atoms with Gasteiger partial charge in [-0.25, -0.2) is 0 Å². The predicted molar refractivity (Wildman–Crippen MR) is 68.6 cm³/mol. The normalized spacial score (nSPS) is 26.7. The molecular formula is C14H22N2O. The Morgan fingerprint density at radius 2 is 2.35 bits per heavy atom. The molecule has 0 bridgehead atoms. The van der Waals surface area contributed by atoms with Gasteiger partial charge in [-0.3, -0.25) is 4.98 Å². The van der Waals surface area contributed by atoms with Gasteiger partial charge in [-0.2, -0.15) is 0 Å². The van der Waals surface area contributed by atoms with Crippen LogP contribution in [-0.2, 0) is 0 Å². The Hall–Kier alpha value is -0.930. The lowest BCUT2D eigenvalue weighted by atomic mass is 9.87. The van der Waals surface area contributed by atoms with Gasteiger partial charge in [0.15, 0.2) is 0 Å². The highest BCUT2D eigenvalue weighted by Crippen LogP contribution is 2.24. The first-order valence-electron chi connectivity index (χ1n) is 6.58. The summed E-state index contributed by atoms with van der Waals surface area (Å²) in [5.41, 5.74) is 1.09. The summed E-state index contributed by atoms with van der Waals surface area (Å²) in [6.45, 7) is 3.12. The van der Waals surface area contributed by atoms with Gasteiger partial charge in [-0.15, -0.1) is 0 Å². The largest absolute Gasteiger partial charge is 0.393 e. The highest BCUT2D eigenvalue weighted by Gasteiger charge is 2.20. The van der Waals surface area contributed by atoms with Gasteiger partial charge >= 0.3 is 0 Å². The Bertz CT molecular complexity index is 328. The van der Waals surface area contributed by atoms with Crippen molar-refractivity contribution in [1.29, 1.82) is 0 Å². The number of hydrogen-bond acceptors (Lipinski definition) is 3. The van der Waals surface area contributed by atoms with Gasteiger partial charge in [0.2, 0.25) is 0 Å². The number of nitrogens with zero attached hydrogens (tertiary/aromatic N) is 1. The third-order valence-electron chi connectivity index (χ3n) is 3.60. The molecule has 0 aliphatic heterocycles. The van der Waals surface area contributed by atoms with Gasteiger partial charge in [-0.05, 0) is 50.8 Å². The van der Waals surface area contributed by atoms with Crippen molar-refractivity contribution >= 4 is 0 Å². The van der Waals surface area contributed by atoms with Crippen LogP contribution in [0.25, 0.3) is 0 Å². The van der Waals surface area contributed by atoms with E-state index in [1.807, 2.05) is 24.4 Å². The molecule has 0 saturated heterocycles. The second-order valence-corrected chi connectivity index (χ2v) is 5.07. The standard InChI is InChI=1S/C14H22N2O/c1-11(14-7-2-3-8-15-14)16-10-12-5-4-6-13(17)9-12/h2-3,7-8,11-13,16-17H,4-6,9-10H2,1H3. The van der Waals surface area contributed by atoms with Crippen LogP contribution in [0.15, 0.2) is 24.4 Å². The molecule has 3 heteroatoms. The summed E-state index contributed by atoms with van der Waals surface area (Å²) in [7, 11) is 0. The van der Waals surface area contributed by atoms with E-state index in [2.05, 4.69) is 17.2 Å². The summed E-state index contributed by atoms with van der Waals surface area (Å²) < 4.78 is 0. The summed E-state index contributed by atoms with van der Waals surface area (Å²) in [5.74, 6) is 0.616. The van der Waals surface area contributed by atoms with Crippen LogP contribution in [0.2, 0.25) is 0 Å². The van der Waals surface area contributed by atoms with Gasteiger partial charge in [0.05, 0.1) is 11.8 Å². The fourth-order valence-electron chi connectivity index (χ4n) is 2.53. The van der Waals surface area contributed by atoms with E-state index >= 15 is 0 Å². The minimum absolute atomic E-state index is 0.0827. The fraction of sp³-hybridized carbons (Fsp3) is 0.643. The summed E-state index contributed by atoms with van der Waals surface area (Å²) in [4.78, 5) is 4.35. The van der Waals surface area contributed by atoms with Crippen LogP contribution in [0.4, 0.5) is 0 Å². The predicted octanol–water partition coefficient (Wildman–Crippen LogP) is 2.28. The number of aromatic nitrogens is 1. The van der Waals surface area contributed by atoms with Gasteiger partial charge in [0.25, 0.3) is 0 Å². The van der Waals surface area contributed by atoms with E-state index in [0.717, 1.165) is 31.5 Å². The fourth-order valence-corrected chi connectivity index (χ4v) is 2.53. The van der Waals surface area contributed by atoms with Gasteiger partial charge in [-0.1, -0.05) is 12.5 Å². The van der Waals surface area contributed by atoms with Crippen molar-refractivity contribution in [3.05, 3.63) is 30.1 Å². The Labute approximate surface area is 103 Å². The van der Waals surface area contributed by atoms with Crippen molar-refractivity contribution in [2.45, 2.75) is 44.8 Å². The quantitative estimate of drug-likeness (QED) is 0.840. The third kappa shape index (κ3) is 3.79. The van der Waals surface area contributed by atoms with Crippen molar-refractivity contribution in [2.75, 3.05) is 6.54 Å². The average Bonchev–Trinajstić information content (AvgIpc) is 2.37. The summed E-state index contributed by atoms with van der Waals surface area (Å²) in [6, 6.07) is 6.29. The van der Waals surface area contributed by atoms with Crippen molar-refractivity contribution in [3.8, 4) is 0 Å². The second kappa shape index (κ2) is 6.12. The van der Waals surface area contributed by atoms with Crippen LogP contribution in [0.1, 0.15) is 44.3 Å². The SMILES string of the molecule is CC(NCC1CCCC(O)C1)c1ccccn1. The molecule has 2 N–H and O–H groups in total. The molecule has 17 heavy (non-hydrogen) atoms. The van der Waals surface area contributed by atoms with E-state index in [4.69, 9.17) is 0 Å². The summed E-state index contributed by atoms with van der Waals surface area (Å²) >= 11 is 0. The van der Waals surface area contributed by atoms with Crippen LogP contribution in [0.3, 0.4) is 0 Å². The summed E-state index contributed by atoms with van der Waals surface area (Å²) in [6.07, 6.45) is 6.07. The molecule has 1 aliphatic rings. The van der Waals surface area contributed by atoms with Crippen LogP contribution < -0.4 is 5.32 Å². The highest BCUT2D eigenvalue weighted by atomic mass is 16.3. The lowest BCUT2D eigenvalue weighted by Crippen LogP contribution is -2.30. The first-order valence-corrected chi connectivity index (χ1v) is 6.58. The van der Waals surface area contributed by atoms with E-state index in [9.17, 15) is 5.11 Å². The molecule has 1 saturated carbocycles. The zero-order valence-electron chi connectivity index (χ0n) is 10.5. The number of hydrogen-bond donors (Lipinski definition) is 2. The zero-order valence-corrected chi connectivity index (χ0v) is 10.5. The zero-order chi connectivity index (χ0) is 12.1. The molecule has 3 atom stereocenters. The minimum Gasteiger partial charge on any atom is -0.393 e. The van der Waals surface area contributed by atoms with Crippen LogP contribution in [0.5, 0.6) is 0 Å². The van der Waals surface area contributed by atoms with Gasteiger partial charge in [0.1, 0.15) is 0 Å². The van der Waals surface area contributed by atoms with E-state index in [1.165, 1.54) is 6.42 Å². The molecule has 94 valence electrons. The molecule has 1 aromatic heterocycles. The van der Waals surface area contributed by atoms with E-state index in [-0.39, 0.29) is 12.1 Å². The molecule has 3 unspecified atom stereocenters. The van der Waals surface area contributed by atoms with E-state index in [1.54, 1.807) is 0 Å².